The van der Waals surface area contributed by atoms with E-state index in [4.69, 9.17) is 4.98 Å². The standard InChI is InChI=1S/C24H23N3/c1-16-12-24(17-6-4-3-5-7-17)25-23-11-9-19(14-21(16)23)18-8-10-22-20(13-18)15-27(2)26-22/h6,8-15H,3-5,7H2,1-2H3. The molecule has 2 aromatic carbocycles. The zero-order chi connectivity index (χ0) is 18.4. The van der Waals surface area contributed by atoms with E-state index in [2.05, 4.69) is 66.8 Å². The molecule has 0 atom stereocenters. The molecule has 3 heteroatoms. The molecule has 0 amide bonds. The third kappa shape index (κ3) is 2.93. The zero-order valence-corrected chi connectivity index (χ0v) is 15.9. The van der Waals surface area contributed by atoms with E-state index in [0.29, 0.717) is 0 Å². The normalized spacial score (nSPS) is 14.7. The van der Waals surface area contributed by atoms with E-state index in [1.54, 1.807) is 0 Å². The van der Waals surface area contributed by atoms with Gasteiger partial charge in [-0.15, -0.1) is 0 Å². The van der Waals surface area contributed by atoms with Crippen molar-refractivity contribution in [1.29, 1.82) is 0 Å². The van der Waals surface area contributed by atoms with Crippen LogP contribution in [0.5, 0.6) is 0 Å². The Morgan fingerprint density at radius 1 is 0.926 bits per heavy atom. The molecule has 5 rings (SSSR count). The average Bonchev–Trinajstić information content (AvgIpc) is 3.07. The van der Waals surface area contributed by atoms with Crippen LogP contribution in [0.25, 0.3) is 38.5 Å². The van der Waals surface area contributed by atoms with E-state index in [1.165, 1.54) is 52.3 Å². The minimum Gasteiger partial charge on any atom is -0.275 e. The minimum absolute atomic E-state index is 1.03. The molecule has 0 saturated carbocycles. The molecular formula is C24H23N3. The van der Waals surface area contributed by atoms with E-state index >= 15 is 0 Å². The van der Waals surface area contributed by atoms with E-state index in [-0.39, 0.29) is 0 Å². The molecule has 2 aromatic heterocycles. The van der Waals surface area contributed by atoms with E-state index in [1.807, 2.05) is 11.7 Å². The fourth-order valence-electron chi connectivity index (χ4n) is 4.14. The molecule has 0 saturated heterocycles. The van der Waals surface area contributed by atoms with Crippen molar-refractivity contribution in [2.75, 3.05) is 0 Å². The first-order chi connectivity index (χ1) is 13.2. The summed E-state index contributed by atoms with van der Waals surface area (Å²) in [6.45, 7) is 2.20. The first kappa shape index (κ1) is 16.2. The van der Waals surface area contributed by atoms with Gasteiger partial charge in [0.25, 0.3) is 0 Å². The summed E-state index contributed by atoms with van der Waals surface area (Å²) >= 11 is 0. The molecule has 0 radical (unpaired) electrons. The Morgan fingerprint density at radius 2 is 1.74 bits per heavy atom. The van der Waals surface area contributed by atoms with Crippen LogP contribution in [-0.4, -0.2) is 14.8 Å². The van der Waals surface area contributed by atoms with Gasteiger partial charge in [0.05, 0.1) is 16.7 Å². The number of benzene rings is 2. The lowest BCUT2D eigenvalue weighted by Crippen LogP contribution is -1.97. The summed E-state index contributed by atoms with van der Waals surface area (Å²) in [6.07, 6.45) is 9.36. The average molecular weight is 353 g/mol. The van der Waals surface area contributed by atoms with Crippen LogP contribution in [-0.2, 0) is 7.05 Å². The number of fused-ring (bicyclic) bond motifs is 2. The van der Waals surface area contributed by atoms with Crippen LogP contribution in [0.15, 0.2) is 54.7 Å². The zero-order valence-electron chi connectivity index (χ0n) is 15.9. The molecule has 0 aliphatic heterocycles. The number of hydrogen-bond acceptors (Lipinski definition) is 2. The molecule has 0 bridgehead atoms. The second kappa shape index (κ2) is 6.34. The van der Waals surface area contributed by atoms with Gasteiger partial charge in [-0.25, -0.2) is 4.98 Å². The Morgan fingerprint density at radius 3 is 2.56 bits per heavy atom. The SMILES string of the molecule is Cc1cc(C2=CCCCC2)nc2ccc(-c3ccc4nn(C)cc4c3)cc12. The van der Waals surface area contributed by atoms with Crippen molar-refractivity contribution in [1.82, 2.24) is 14.8 Å². The Bertz CT molecular complexity index is 1200. The molecule has 0 unspecified atom stereocenters. The Balaban J connectivity index is 1.60. The number of pyridine rings is 1. The number of aryl methyl sites for hydroxylation is 2. The highest BCUT2D eigenvalue weighted by molar-refractivity contribution is 5.91. The molecule has 1 aliphatic carbocycles. The molecular weight excluding hydrogens is 330 g/mol. The van der Waals surface area contributed by atoms with Gasteiger partial charge >= 0.3 is 0 Å². The van der Waals surface area contributed by atoms with Crippen molar-refractivity contribution in [3.05, 3.63) is 66.0 Å². The molecule has 134 valence electrons. The fourth-order valence-corrected chi connectivity index (χ4v) is 4.14. The second-order valence-corrected chi connectivity index (χ2v) is 7.61. The monoisotopic (exact) mass is 353 g/mol. The summed E-state index contributed by atoms with van der Waals surface area (Å²) in [4.78, 5) is 4.97. The fraction of sp³-hybridized carbons (Fsp3) is 0.250. The smallest absolute Gasteiger partial charge is 0.0923 e. The van der Waals surface area contributed by atoms with E-state index in [9.17, 15) is 0 Å². The molecule has 0 N–H and O–H groups in total. The summed E-state index contributed by atoms with van der Waals surface area (Å²) in [5.41, 5.74) is 8.43. The van der Waals surface area contributed by atoms with Gasteiger partial charge in [0.15, 0.2) is 0 Å². The second-order valence-electron chi connectivity index (χ2n) is 7.61. The molecule has 3 nitrogen and oxygen atoms in total. The van der Waals surface area contributed by atoms with Gasteiger partial charge in [-0.1, -0.05) is 18.2 Å². The summed E-state index contributed by atoms with van der Waals surface area (Å²) in [6, 6.07) is 15.3. The number of hydrogen-bond donors (Lipinski definition) is 0. The molecule has 27 heavy (non-hydrogen) atoms. The van der Waals surface area contributed by atoms with E-state index < -0.39 is 0 Å². The first-order valence-electron chi connectivity index (χ1n) is 9.72. The highest BCUT2D eigenvalue weighted by atomic mass is 15.2. The van der Waals surface area contributed by atoms with Gasteiger partial charge in [-0.05, 0) is 85.2 Å². The van der Waals surface area contributed by atoms with Crippen molar-refractivity contribution in [3.63, 3.8) is 0 Å². The Labute approximate surface area is 159 Å². The maximum atomic E-state index is 4.97. The lowest BCUT2D eigenvalue weighted by atomic mass is 9.94. The predicted molar refractivity (Wildman–Crippen MR) is 113 cm³/mol. The van der Waals surface area contributed by atoms with Crippen LogP contribution in [0.4, 0.5) is 0 Å². The van der Waals surface area contributed by atoms with Crippen LogP contribution in [0.3, 0.4) is 0 Å². The van der Waals surface area contributed by atoms with Crippen LogP contribution in [0.1, 0.15) is 36.9 Å². The van der Waals surface area contributed by atoms with Crippen molar-refractivity contribution in [3.8, 4) is 11.1 Å². The summed E-state index contributed by atoms with van der Waals surface area (Å²) in [5, 5.41) is 6.87. The molecule has 4 aromatic rings. The van der Waals surface area contributed by atoms with Crippen LogP contribution >= 0.6 is 0 Å². The van der Waals surface area contributed by atoms with Gasteiger partial charge in [0.1, 0.15) is 0 Å². The Hall–Kier alpha value is -2.94. The largest absolute Gasteiger partial charge is 0.275 e. The highest BCUT2D eigenvalue weighted by Gasteiger charge is 2.11. The summed E-state index contributed by atoms with van der Waals surface area (Å²) < 4.78 is 1.87. The lowest BCUT2D eigenvalue weighted by molar-refractivity contribution is 0.740. The minimum atomic E-state index is 1.03. The highest BCUT2D eigenvalue weighted by Crippen LogP contribution is 2.31. The number of aromatic nitrogens is 3. The molecule has 2 heterocycles. The van der Waals surface area contributed by atoms with Gasteiger partial charge < -0.3 is 0 Å². The van der Waals surface area contributed by atoms with Crippen molar-refractivity contribution >= 4 is 27.4 Å². The van der Waals surface area contributed by atoms with Crippen molar-refractivity contribution in [2.45, 2.75) is 32.6 Å². The summed E-state index contributed by atoms with van der Waals surface area (Å²) in [5.74, 6) is 0. The van der Waals surface area contributed by atoms with Crippen LogP contribution in [0.2, 0.25) is 0 Å². The topological polar surface area (TPSA) is 30.7 Å². The van der Waals surface area contributed by atoms with E-state index in [0.717, 1.165) is 23.1 Å². The summed E-state index contributed by atoms with van der Waals surface area (Å²) in [7, 11) is 1.96. The third-order valence-corrected chi connectivity index (χ3v) is 5.59. The first-order valence-corrected chi connectivity index (χ1v) is 9.72. The van der Waals surface area contributed by atoms with Gasteiger partial charge in [-0.3, -0.25) is 4.68 Å². The maximum Gasteiger partial charge on any atom is 0.0923 e. The molecule has 1 aliphatic rings. The van der Waals surface area contributed by atoms with Gasteiger partial charge in [0.2, 0.25) is 0 Å². The van der Waals surface area contributed by atoms with Gasteiger partial charge in [0, 0.05) is 24.0 Å². The third-order valence-electron chi connectivity index (χ3n) is 5.59. The maximum absolute atomic E-state index is 4.97. The van der Waals surface area contributed by atoms with Crippen molar-refractivity contribution in [2.24, 2.45) is 7.05 Å². The number of allylic oxidation sites excluding steroid dienone is 2. The predicted octanol–water partition coefficient (Wildman–Crippen LogP) is 6.05. The molecule has 0 spiro atoms. The van der Waals surface area contributed by atoms with Crippen LogP contribution in [0, 0.1) is 6.92 Å². The Kier molecular flexibility index (Phi) is 3.82. The quantitative estimate of drug-likeness (QED) is 0.439. The lowest BCUT2D eigenvalue weighted by Gasteiger charge is -2.14. The van der Waals surface area contributed by atoms with Gasteiger partial charge in [-0.2, -0.15) is 5.10 Å². The van der Waals surface area contributed by atoms with Crippen LogP contribution < -0.4 is 0 Å². The van der Waals surface area contributed by atoms with Crippen molar-refractivity contribution < 1.29 is 0 Å². The number of rotatable bonds is 2. The molecule has 0 fully saturated rings. The number of nitrogens with zero attached hydrogens (tertiary/aromatic N) is 3.